The Hall–Kier alpha value is -2.94. The lowest BCUT2D eigenvalue weighted by molar-refractivity contribution is -0.117. The minimum absolute atomic E-state index is 0.107. The minimum atomic E-state index is -0.420. The van der Waals surface area contributed by atoms with E-state index in [4.69, 9.17) is 5.73 Å². The number of primary amides is 1. The van der Waals surface area contributed by atoms with Gasteiger partial charge in [0.25, 0.3) is 0 Å². The standard InChI is InChI=1S/C19H19FN6OS/c20-13-3-1-8-22-17(13)19(6-2-7-19)11-23-16-5-4-14(25-26-16)18-24-12(10-28-18)9-15(21)27/h1,3-5,8,10H,2,6-7,9,11H2,(H2,21,27)(H,23,26). The predicted molar refractivity (Wildman–Crippen MR) is 104 cm³/mol. The number of nitrogens with one attached hydrogen (secondary N) is 1. The molecule has 0 saturated heterocycles. The van der Waals surface area contributed by atoms with Crippen LogP contribution in [0.5, 0.6) is 0 Å². The van der Waals surface area contributed by atoms with Gasteiger partial charge in [0.2, 0.25) is 5.91 Å². The van der Waals surface area contributed by atoms with Gasteiger partial charge in [0, 0.05) is 23.5 Å². The first-order valence-corrected chi connectivity index (χ1v) is 9.85. The number of aromatic nitrogens is 4. The summed E-state index contributed by atoms with van der Waals surface area (Å²) in [5.74, 6) is -0.0713. The van der Waals surface area contributed by atoms with Crippen LogP contribution in [0, 0.1) is 5.82 Å². The fourth-order valence-electron chi connectivity index (χ4n) is 3.36. The fraction of sp³-hybridized carbons (Fsp3) is 0.316. The number of halogens is 1. The molecule has 0 unspecified atom stereocenters. The van der Waals surface area contributed by atoms with Gasteiger partial charge >= 0.3 is 0 Å². The first-order chi connectivity index (χ1) is 13.6. The summed E-state index contributed by atoms with van der Waals surface area (Å²) in [6.45, 7) is 0.551. The second kappa shape index (κ2) is 7.59. The molecule has 0 aromatic carbocycles. The van der Waals surface area contributed by atoms with Crippen LogP contribution in [0.25, 0.3) is 10.7 Å². The lowest BCUT2D eigenvalue weighted by atomic mass is 9.66. The maximum Gasteiger partial charge on any atom is 0.223 e. The third-order valence-electron chi connectivity index (χ3n) is 4.97. The van der Waals surface area contributed by atoms with Crippen LogP contribution in [0.15, 0.2) is 35.8 Å². The highest BCUT2D eigenvalue weighted by molar-refractivity contribution is 7.13. The predicted octanol–water partition coefficient (Wildman–Crippen LogP) is 2.70. The lowest BCUT2D eigenvalue weighted by Gasteiger charge is -2.41. The van der Waals surface area contributed by atoms with E-state index in [1.165, 1.54) is 17.4 Å². The number of carbonyl (C=O) groups is 1. The number of amides is 1. The van der Waals surface area contributed by atoms with Crippen molar-refractivity contribution in [3.8, 4) is 10.7 Å². The second-order valence-corrected chi connectivity index (χ2v) is 7.77. The van der Waals surface area contributed by atoms with Gasteiger partial charge in [-0.1, -0.05) is 6.42 Å². The molecule has 3 aromatic rings. The zero-order valence-corrected chi connectivity index (χ0v) is 15.9. The van der Waals surface area contributed by atoms with Crippen molar-refractivity contribution in [3.05, 3.63) is 53.0 Å². The Kier molecular flexibility index (Phi) is 4.99. The van der Waals surface area contributed by atoms with Crippen molar-refractivity contribution < 1.29 is 9.18 Å². The molecular formula is C19H19FN6OS. The maximum absolute atomic E-state index is 14.2. The Balaban J connectivity index is 1.44. The van der Waals surface area contributed by atoms with Crippen LogP contribution in [0.3, 0.4) is 0 Å². The topological polar surface area (TPSA) is 107 Å². The van der Waals surface area contributed by atoms with E-state index in [-0.39, 0.29) is 17.7 Å². The average molecular weight is 398 g/mol. The molecule has 4 rings (SSSR count). The van der Waals surface area contributed by atoms with E-state index in [1.54, 1.807) is 17.6 Å². The number of anilines is 1. The lowest BCUT2D eigenvalue weighted by Crippen LogP contribution is -2.42. The smallest absolute Gasteiger partial charge is 0.223 e. The zero-order valence-electron chi connectivity index (χ0n) is 15.1. The largest absolute Gasteiger partial charge is 0.369 e. The number of thiazole rings is 1. The average Bonchev–Trinajstić information content (AvgIpc) is 3.10. The van der Waals surface area contributed by atoms with Crippen molar-refractivity contribution in [2.75, 3.05) is 11.9 Å². The van der Waals surface area contributed by atoms with Crippen LogP contribution in [-0.2, 0) is 16.6 Å². The maximum atomic E-state index is 14.2. The van der Waals surface area contributed by atoms with Crippen LogP contribution in [0.4, 0.5) is 10.2 Å². The molecule has 28 heavy (non-hydrogen) atoms. The van der Waals surface area contributed by atoms with Gasteiger partial charge in [-0.25, -0.2) is 9.37 Å². The molecular weight excluding hydrogens is 379 g/mol. The molecule has 144 valence electrons. The summed E-state index contributed by atoms with van der Waals surface area (Å²) in [6, 6.07) is 6.70. The van der Waals surface area contributed by atoms with Crippen molar-refractivity contribution in [1.82, 2.24) is 20.2 Å². The van der Waals surface area contributed by atoms with Crippen LogP contribution in [0.1, 0.15) is 30.7 Å². The molecule has 3 N–H and O–H groups in total. The number of pyridine rings is 1. The number of carbonyl (C=O) groups excluding carboxylic acids is 1. The highest BCUT2D eigenvalue weighted by Gasteiger charge is 2.41. The minimum Gasteiger partial charge on any atom is -0.369 e. The van der Waals surface area contributed by atoms with E-state index in [2.05, 4.69) is 25.5 Å². The van der Waals surface area contributed by atoms with E-state index >= 15 is 0 Å². The number of nitrogens with two attached hydrogens (primary N) is 1. The first kappa shape index (κ1) is 18.4. The summed E-state index contributed by atoms with van der Waals surface area (Å²) in [6.07, 6.45) is 4.58. The SMILES string of the molecule is NC(=O)Cc1csc(-c2ccc(NCC3(c4ncccc4F)CCC3)nn2)n1. The van der Waals surface area contributed by atoms with Crippen LogP contribution in [-0.4, -0.2) is 32.6 Å². The van der Waals surface area contributed by atoms with Crippen molar-refractivity contribution >= 4 is 23.1 Å². The third-order valence-corrected chi connectivity index (χ3v) is 5.88. The van der Waals surface area contributed by atoms with Gasteiger partial charge in [0.05, 0.1) is 17.8 Å². The molecule has 3 heterocycles. The Bertz CT molecular complexity index is 986. The molecule has 1 aliphatic rings. The summed E-state index contributed by atoms with van der Waals surface area (Å²) in [4.78, 5) is 19.6. The molecule has 0 aliphatic heterocycles. The molecule has 9 heteroatoms. The number of hydrogen-bond acceptors (Lipinski definition) is 7. The van der Waals surface area contributed by atoms with Crippen molar-refractivity contribution in [3.63, 3.8) is 0 Å². The summed E-state index contributed by atoms with van der Waals surface area (Å²) >= 11 is 1.39. The highest BCUT2D eigenvalue weighted by atomic mass is 32.1. The zero-order chi connectivity index (χ0) is 19.6. The van der Waals surface area contributed by atoms with E-state index in [0.717, 1.165) is 19.3 Å². The summed E-state index contributed by atoms with van der Waals surface area (Å²) in [5, 5.41) is 14.1. The number of nitrogens with zero attached hydrogens (tertiary/aromatic N) is 4. The first-order valence-electron chi connectivity index (χ1n) is 8.97. The molecule has 3 aromatic heterocycles. The quantitative estimate of drug-likeness (QED) is 0.634. The van der Waals surface area contributed by atoms with Crippen LogP contribution >= 0.6 is 11.3 Å². The van der Waals surface area contributed by atoms with Gasteiger partial charge < -0.3 is 11.1 Å². The van der Waals surface area contributed by atoms with Gasteiger partial charge in [-0.05, 0) is 37.1 Å². The monoisotopic (exact) mass is 398 g/mol. The molecule has 1 aliphatic carbocycles. The molecule has 1 amide bonds. The Labute approximate surface area is 165 Å². The van der Waals surface area contributed by atoms with E-state index < -0.39 is 5.91 Å². The van der Waals surface area contributed by atoms with E-state index in [0.29, 0.717) is 34.5 Å². The second-order valence-electron chi connectivity index (χ2n) is 6.91. The van der Waals surface area contributed by atoms with Gasteiger partial charge in [0.15, 0.2) is 0 Å². The Morgan fingerprint density at radius 3 is 2.79 bits per heavy atom. The molecule has 0 bridgehead atoms. The summed E-state index contributed by atoms with van der Waals surface area (Å²) in [7, 11) is 0. The van der Waals surface area contributed by atoms with Crippen molar-refractivity contribution in [2.24, 2.45) is 5.73 Å². The number of rotatable bonds is 7. The highest BCUT2D eigenvalue weighted by Crippen LogP contribution is 2.43. The normalized spacial score (nSPS) is 15.0. The molecule has 1 fully saturated rings. The van der Waals surface area contributed by atoms with Crippen molar-refractivity contribution in [2.45, 2.75) is 31.1 Å². The third kappa shape index (κ3) is 3.70. The molecule has 1 saturated carbocycles. The van der Waals surface area contributed by atoms with E-state index in [1.807, 2.05) is 12.1 Å². The molecule has 0 radical (unpaired) electrons. The molecule has 0 spiro atoms. The Morgan fingerprint density at radius 2 is 2.14 bits per heavy atom. The van der Waals surface area contributed by atoms with Gasteiger partial charge in [-0.3, -0.25) is 9.78 Å². The molecule has 7 nitrogen and oxygen atoms in total. The van der Waals surface area contributed by atoms with E-state index in [9.17, 15) is 9.18 Å². The van der Waals surface area contributed by atoms with Crippen LogP contribution in [0.2, 0.25) is 0 Å². The van der Waals surface area contributed by atoms with Gasteiger partial charge in [0.1, 0.15) is 22.3 Å². The fourth-order valence-corrected chi connectivity index (χ4v) is 4.14. The van der Waals surface area contributed by atoms with Gasteiger partial charge in [-0.15, -0.1) is 21.5 Å². The number of hydrogen-bond donors (Lipinski definition) is 2. The summed E-state index contributed by atoms with van der Waals surface area (Å²) in [5.41, 5.74) is 6.66. The van der Waals surface area contributed by atoms with Gasteiger partial charge in [-0.2, -0.15) is 0 Å². The molecule has 0 atom stereocenters. The van der Waals surface area contributed by atoms with Crippen molar-refractivity contribution in [1.29, 1.82) is 0 Å². The Morgan fingerprint density at radius 1 is 1.29 bits per heavy atom. The van der Waals surface area contributed by atoms with Crippen LogP contribution < -0.4 is 11.1 Å². The summed E-state index contributed by atoms with van der Waals surface area (Å²) < 4.78 is 14.2.